The predicted molar refractivity (Wildman–Crippen MR) is 85.3 cm³/mol. The minimum atomic E-state index is -0.327. The van der Waals surface area contributed by atoms with E-state index >= 15 is 0 Å². The Bertz CT molecular complexity index is 739. The van der Waals surface area contributed by atoms with Gasteiger partial charge < -0.3 is 13.9 Å². The van der Waals surface area contributed by atoms with Crippen molar-refractivity contribution in [2.45, 2.75) is 46.3 Å². The van der Waals surface area contributed by atoms with Crippen LogP contribution in [0.1, 0.15) is 45.6 Å². The summed E-state index contributed by atoms with van der Waals surface area (Å²) in [5.41, 5.74) is 0.812. The van der Waals surface area contributed by atoms with Gasteiger partial charge in [0, 0.05) is 18.9 Å². The molecule has 1 aliphatic rings. The van der Waals surface area contributed by atoms with Crippen molar-refractivity contribution in [2.24, 2.45) is 5.41 Å². The fourth-order valence-electron chi connectivity index (χ4n) is 3.13. The van der Waals surface area contributed by atoms with E-state index in [0.29, 0.717) is 29.9 Å². The van der Waals surface area contributed by atoms with Crippen molar-refractivity contribution in [2.75, 3.05) is 6.61 Å². The van der Waals surface area contributed by atoms with E-state index in [1.807, 2.05) is 25.1 Å². The van der Waals surface area contributed by atoms with Crippen molar-refractivity contribution in [3.05, 3.63) is 40.2 Å². The van der Waals surface area contributed by atoms with Crippen molar-refractivity contribution in [1.29, 1.82) is 0 Å². The molecule has 2 atom stereocenters. The molecule has 0 N–H and O–H groups in total. The van der Waals surface area contributed by atoms with Crippen LogP contribution in [0.2, 0.25) is 0 Å². The Balaban J connectivity index is 2.25. The van der Waals surface area contributed by atoms with E-state index in [0.717, 1.165) is 5.39 Å². The molecule has 1 aromatic heterocycles. The molecule has 22 heavy (non-hydrogen) atoms. The van der Waals surface area contributed by atoms with Crippen LogP contribution in [0.25, 0.3) is 11.0 Å². The average Bonchev–Trinajstić information content (AvgIpc) is 2.46. The highest BCUT2D eigenvalue weighted by Crippen LogP contribution is 2.47. The van der Waals surface area contributed by atoms with E-state index in [4.69, 9.17) is 13.9 Å². The first-order valence-electron chi connectivity index (χ1n) is 7.75. The molecule has 1 aliphatic heterocycles. The van der Waals surface area contributed by atoms with Crippen LogP contribution in [0, 0.1) is 5.41 Å². The molecule has 0 bridgehead atoms. The van der Waals surface area contributed by atoms with Gasteiger partial charge in [0.15, 0.2) is 6.29 Å². The number of para-hydroxylation sites is 1. The summed E-state index contributed by atoms with van der Waals surface area (Å²) in [6.45, 7) is 8.91. The van der Waals surface area contributed by atoms with Crippen LogP contribution in [0.3, 0.4) is 0 Å². The lowest BCUT2D eigenvalue weighted by Gasteiger charge is -2.38. The molecule has 0 aliphatic carbocycles. The van der Waals surface area contributed by atoms with E-state index in [1.54, 1.807) is 6.07 Å². The van der Waals surface area contributed by atoms with Crippen molar-refractivity contribution in [1.82, 2.24) is 0 Å². The first-order valence-corrected chi connectivity index (χ1v) is 7.75. The van der Waals surface area contributed by atoms with Gasteiger partial charge in [0.2, 0.25) is 0 Å². The third-order valence-corrected chi connectivity index (χ3v) is 4.22. The van der Waals surface area contributed by atoms with E-state index in [1.165, 1.54) is 0 Å². The summed E-state index contributed by atoms with van der Waals surface area (Å²) < 4.78 is 17.2. The van der Waals surface area contributed by atoms with Crippen molar-refractivity contribution in [3.63, 3.8) is 0 Å². The summed E-state index contributed by atoms with van der Waals surface area (Å²) in [4.78, 5) is 12.5. The summed E-state index contributed by atoms with van der Waals surface area (Å²) in [7, 11) is 0. The summed E-state index contributed by atoms with van der Waals surface area (Å²) in [5.74, 6) is 0.658. The van der Waals surface area contributed by atoms with E-state index in [9.17, 15) is 4.79 Å². The Kier molecular flexibility index (Phi) is 3.73. The Morgan fingerprint density at radius 3 is 2.68 bits per heavy atom. The van der Waals surface area contributed by atoms with Gasteiger partial charge in [-0.1, -0.05) is 32.9 Å². The molecule has 0 saturated carbocycles. The Morgan fingerprint density at radius 1 is 1.27 bits per heavy atom. The third kappa shape index (κ3) is 2.52. The second-order valence-electron chi connectivity index (χ2n) is 6.79. The first kappa shape index (κ1) is 15.1. The van der Waals surface area contributed by atoms with Crippen LogP contribution in [0.15, 0.2) is 33.5 Å². The Labute approximate surface area is 130 Å². The zero-order valence-electron chi connectivity index (χ0n) is 13.5. The fourth-order valence-corrected chi connectivity index (χ4v) is 3.13. The minimum Gasteiger partial charge on any atom is -0.464 e. The molecule has 1 aromatic carbocycles. The zero-order valence-corrected chi connectivity index (χ0v) is 13.5. The smallest absolute Gasteiger partial charge is 0.343 e. The van der Waals surface area contributed by atoms with Crippen LogP contribution in [-0.4, -0.2) is 12.9 Å². The monoisotopic (exact) mass is 302 g/mol. The maximum atomic E-state index is 12.5. The lowest BCUT2D eigenvalue weighted by molar-refractivity contribution is -0.0981. The molecule has 118 valence electrons. The molecular formula is C18H22O4. The topological polar surface area (TPSA) is 48.7 Å². The van der Waals surface area contributed by atoms with Gasteiger partial charge in [-0.15, -0.1) is 0 Å². The molecule has 0 amide bonds. The van der Waals surface area contributed by atoms with E-state index < -0.39 is 0 Å². The number of ether oxygens (including phenoxy) is 2. The lowest BCUT2D eigenvalue weighted by atomic mass is 9.73. The summed E-state index contributed by atoms with van der Waals surface area (Å²) in [6, 6.07) is 7.48. The highest BCUT2D eigenvalue weighted by molar-refractivity contribution is 5.84. The second kappa shape index (κ2) is 5.43. The standard InChI is InChI=1S/C18H22O4/c1-5-20-14-10-12(18(2,3)4)15-16(22-14)11-8-6-7-9-13(11)21-17(15)19/h6-9,12,14H,5,10H2,1-4H3/t12-,14+/m1/s1. The summed E-state index contributed by atoms with van der Waals surface area (Å²) >= 11 is 0. The number of hydrogen-bond acceptors (Lipinski definition) is 4. The molecule has 0 unspecified atom stereocenters. The van der Waals surface area contributed by atoms with Crippen LogP contribution in [-0.2, 0) is 4.74 Å². The highest BCUT2D eigenvalue weighted by atomic mass is 16.7. The number of fused-ring (bicyclic) bond motifs is 3. The third-order valence-electron chi connectivity index (χ3n) is 4.22. The molecule has 0 spiro atoms. The van der Waals surface area contributed by atoms with Gasteiger partial charge >= 0.3 is 5.63 Å². The SMILES string of the molecule is CCO[C@@H]1C[C@@H](C(C)(C)C)c2c(c3ccccc3oc2=O)O1. The quantitative estimate of drug-likeness (QED) is 0.785. The maximum Gasteiger partial charge on any atom is 0.343 e. The van der Waals surface area contributed by atoms with E-state index in [2.05, 4.69) is 20.8 Å². The van der Waals surface area contributed by atoms with E-state index in [-0.39, 0.29) is 23.2 Å². The van der Waals surface area contributed by atoms with Gasteiger partial charge in [-0.05, 0) is 24.5 Å². The molecule has 2 aromatic rings. The van der Waals surface area contributed by atoms with Gasteiger partial charge in [-0.2, -0.15) is 0 Å². The Morgan fingerprint density at radius 2 is 2.00 bits per heavy atom. The number of rotatable bonds is 2. The van der Waals surface area contributed by atoms with Gasteiger partial charge in [-0.25, -0.2) is 4.79 Å². The predicted octanol–water partition coefficient (Wildman–Crippen LogP) is 4.07. The van der Waals surface area contributed by atoms with Crippen LogP contribution >= 0.6 is 0 Å². The molecule has 0 fully saturated rings. The molecule has 3 rings (SSSR count). The summed E-state index contributed by atoms with van der Waals surface area (Å²) in [6.07, 6.45) is 0.333. The Hall–Kier alpha value is -1.81. The molecular weight excluding hydrogens is 280 g/mol. The molecule has 4 heteroatoms. The second-order valence-corrected chi connectivity index (χ2v) is 6.79. The maximum absolute atomic E-state index is 12.5. The van der Waals surface area contributed by atoms with Crippen LogP contribution in [0.4, 0.5) is 0 Å². The first-order chi connectivity index (χ1) is 10.4. The minimum absolute atomic E-state index is 0.0358. The number of hydrogen-bond donors (Lipinski definition) is 0. The largest absolute Gasteiger partial charge is 0.464 e. The van der Waals surface area contributed by atoms with Crippen LogP contribution < -0.4 is 10.4 Å². The highest BCUT2D eigenvalue weighted by Gasteiger charge is 2.39. The lowest BCUT2D eigenvalue weighted by Crippen LogP contribution is -2.36. The van der Waals surface area contributed by atoms with Gasteiger partial charge in [0.25, 0.3) is 0 Å². The molecule has 0 saturated heterocycles. The summed E-state index contributed by atoms with van der Waals surface area (Å²) in [5, 5.41) is 0.829. The number of benzene rings is 1. The van der Waals surface area contributed by atoms with Gasteiger partial charge in [-0.3, -0.25) is 0 Å². The van der Waals surface area contributed by atoms with Crippen molar-refractivity contribution in [3.8, 4) is 5.75 Å². The molecule has 0 radical (unpaired) electrons. The van der Waals surface area contributed by atoms with Crippen LogP contribution in [0.5, 0.6) is 5.75 Å². The van der Waals surface area contributed by atoms with Gasteiger partial charge in [0.1, 0.15) is 11.3 Å². The van der Waals surface area contributed by atoms with Gasteiger partial charge in [0.05, 0.1) is 10.9 Å². The molecule has 4 nitrogen and oxygen atoms in total. The normalized spacial score (nSPS) is 21.5. The zero-order chi connectivity index (χ0) is 15.9. The average molecular weight is 302 g/mol. The fraction of sp³-hybridized carbons (Fsp3) is 0.500. The van der Waals surface area contributed by atoms with Crippen molar-refractivity contribution >= 4 is 11.0 Å². The molecule has 2 heterocycles. The van der Waals surface area contributed by atoms with Crippen molar-refractivity contribution < 1.29 is 13.9 Å².